The van der Waals surface area contributed by atoms with Gasteiger partial charge in [-0.25, -0.2) is 0 Å². The van der Waals surface area contributed by atoms with E-state index in [-0.39, 0.29) is 12.6 Å². The van der Waals surface area contributed by atoms with E-state index in [1.807, 2.05) is 25.1 Å². The Balaban J connectivity index is 2.77. The Bertz CT molecular complexity index is 315. The fourth-order valence-electron chi connectivity index (χ4n) is 1.25. The molecule has 0 amide bonds. The molecule has 4 heteroatoms. The van der Waals surface area contributed by atoms with Crippen LogP contribution in [0.2, 0.25) is 0 Å². The molecular weight excluding hydrogens is 258 g/mol. The first-order valence-electron chi connectivity index (χ1n) is 4.94. The van der Waals surface area contributed by atoms with Gasteiger partial charge in [0.15, 0.2) is 0 Å². The smallest absolute Gasteiger partial charge is 0.124 e. The molecular formula is C11H16BrNO2. The summed E-state index contributed by atoms with van der Waals surface area (Å²) in [5.41, 5.74) is 6.81. The molecule has 1 atom stereocenters. The Kier molecular flexibility index (Phi) is 5.08. The van der Waals surface area contributed by atoms with Gasteiger partial charge in [0.25, 0.3) is 0 Å². The average Bonchev–Trinajstić information content (AvgIpc) is 2.20. The quantitative estimate of drug-likeness (QED) is 0.809. The number of hydrogen-bond donors (Lipinski definition) is 2. The monoisotopic (exact) mass is 273 g/mol. The third-order valence-corrected chi connectivity index (χ3v) is 2.52. The Morgan fingerprint density at radius 2 is 2.27 bits per heavy atom. The summed E-state index contributed by atoms with van der Waals surface area (Å²) >= 11 is 3.40. The Morgan fingerprint density at radius 1 is 1.53 bits per heavy atom. The van der Waals surface area contributed by atoms with Gasteiger partial charge in [-0.2, -0.15) is 0 Å². The van der Waals surface area contributed by atoms with Crippen molar-refractivity contribution in [1.82, 2.24) is 0 Å². The van der Waals surface area contributed by atoms with Crippen molar-refractivity contribution >= 4 is 15.9 Å². The van der Waals surface area contributed by atoms with Crippen LogP contribution in [0.25, 0.3) is 0 Å². The first-order chi connectivity index (χ1) is 7.15. The van der Waals surface area contributed by atoms with Crippen LogP contribution < -0.4 is 10.5 Å². The minimum atomic E-state index is -0.0633. The van der Waals surface area contributed by atoms with E-state index in [0.717, 1.165) is 15.8 Å². The SMILES string of the molecule is C[C@@H](N)c1cc(Br)ccc1OCCCO. The van der Waals surface area contributed by atoms with Crippen molar-refractivity contribution in [2.75, 3.05) is 13.2 Å². The van der Waals surface area contributed by atoms with E-state index < -0.39 is 0 Å². The molecule has 0 spiro atoms. The topological polar surface area (TPSA) is 55.5 Å². The van der Waals surface area contributed by atoms with Crippen LogP contribution in [0, 0.1) is 0 Å². The van der Waals surface area contributed by atoms with E-state index in [9.17, 15) is 0 Å². The van der Waals surface area contributed by atoms with Crippen LogP contribution in [-0.4, -0.2) is 18.3 Å². The summed E-state index contributed by atoms with van der Waals surface area (Å²) in [5.74, 6) is 0.793. The molecule has 0 fully saturated rings. The summed E-state index contributed by atoms with van der Waals surface area (Å²) in [4.78, 5) is 0. The highest BCUT2D eigenvalue weighted by Gasteiger charge is 2.08. The average molecular weight is 274 g/mol. The minimum absolute atomic E-state index is 0.0633. The zero-order chi connectivity index (χ0) is 11.3. The molecule has 0 aliphatic rings. The van der Waals surface area contributed by atoms with Crippen LogP contribution in [0.3, 0.4) is 0 Å². The standard InChI is InChI=1S/C11H16BrNO2/c1-8(13)10-7-9(12)3-4-11(10)15-6-2-5-14/h3-4,7-8,14H,2,5-6,13H2,1H3/t8-/m1/s1. The number of halogens is 1. The van der Waals surface area contributed by atoms with Crippen molar-refractivity contribution in [3.63, 3.8) is 0 Å². The summed E-state index contributed by atoms with van der Waals surface area (Å²) in [5, 5.41) is 8.65. The molecule has 3 nitrogen and oxygen atoms in total. The van der Waals surface area contributed by atoms with Gasteiger partial charge < -0.3 is 15.6 Å². The van der Waals surface area contributed by atoms with Gasteiger partial charge >= 0.3 is 0 Å². The lowest BCUT2D eigenvalue weighted by Gasteiger charge is -2.14. The lowest BCUT2D eigenvalue weighted by atomic mass is 10.1. The molecule has 0 saturated heterocycles. The van der Waals surface area contributed by atoms with Crippen LogP contribution in [0.1, 0.15) is 24.9 Å². The van der Waals surface area contributed by atoms with Gasteiger partial charge in [-0.3, -0.25) is 0 Å². The van der Waals surface area contributed by atoms with Crippen molar-refractivity contribution < 1.29 is 9.84 Å². The van der Waals surface area contributed by atoms with Crippen LogP contribution in [-0.2, 0) is 0 Å². The molecule has 15 heavy (non-hydrogen) atoms. The van der Waals surface area contributed by atoms with Crippen LogP contribution in [0.4, 0.5) is 0 Å². The molecule has 0 aliphatic heterocycles. The fraction of sp³-hybridized carbons (Fsp3) is 0.455. The summed E-state index contributed by atoms with van der Waals surface area (Å²) in [7, 11) is 0. The van der Waals surface area contributed by atoms with E-state index in [2.05, 4.69) is 15.9 Å². The van der Waals surface area contributed by atoms with Gasteiger partial charge in [-0.15, -0.1) is 0 Å². The summed E-state index contributed by atoms with van der Waals surface area (Å²) in [6.07, 6.45) is 0.633. The normalized spacial score (nSPS) is 12.5. The predicted molar refractivity (Wildman–Crippen MR) is 63.9 cm³/mol. The van der Waals surface area contributed by atoms with E-state index in [0.29, 0.717) is 13.0 Å². The van der Waals surface area contributed by atoms with Crippen molar-refractivity contribution in [3.8, 4) is 5.75 Å². The first-order valence-corrected chi connectivity index (χ1v) is 5.73. The highest BCUT2D eigenvalue weighted by atomic mass is 79.9. The second-order valence-corrected chi connectivity index (χ2v) is 4.31. The van der Waals surface area contributed by atoms with Gasteiger partial charge in [-0.05, 0) is 25.1 Å². The second kappa shape index (κ2) is 6.10. The van der Waals surface area contributed by atoms with Crippen LogP contribution in [0.15, 0.2) is 22.7 Å². The number of aliphatic hydroxyl groups is 1. The minimum Gasteiger partial charge on any atom is -0.493 e. The zero-order valence-electron chi connectivity index (χ0n) is 8.74. The summed E-state index contributed by atoms with van der Waals surface area (Å²) < 4.78 is 6.52. The number of benzene rings is 1. The van der Waals surface area contributed by atoms with Gasteiger partial charge in [0.05, 0.1) is 6.61 Å². The third kappa shape index (κ3) is 3.81. The molecule has 0 radical (unpaired) electrons. The third-order valence-electron chi connectivity index (χ3n) is 2.02. The molecule has 0 heterocycles. The van der Waals surface area contributed by atoms with E-state index >= 15 is 0 Å². The van der Waals surface area contributed by atoms with E-state index in [1.165, 1.54) is 0 Å². The molecule has 3 N–H and O–H groups in total. The molecule has 0 saturated carbocycles. The summed E-state index contributed by atoms with van der Waals surface area (Å²) in [6.45, 7) is 2.57. The lowest BCUT2D eigenvalue weighted by Crippen LogP contribution is -2.09. The lowest BCUT2D eigenvalue weighted by molar-refractivity contribution is 0.232. The molecule has 1 aromatic rings. The number of ether oxygens (including phenoxy) is 1. The number of nitrogens with two attached hydrogens (primary N) is 1. The fourth-order valence-corrected chi connectivity index (χ4v) is 1.63. The largest absolute Gasteiger partial charge is 0.493 e. The van der Waals surface area contributed by atoms with Crippen molar-refractivity contribution in [1.29, 1.82) is 0 Å². The van der Waals surface area contributed by atoms with E-state index in [4.69, 9.17) is 15.6 Å². The van der Waals surface area contributed by atoms with Crippen LogP contribution in [0.5, 0.6) is 5.75 Å². The second-order valence-electron chi connectivity index (χ2n) is 3.40. The highest BCUT2D eigenvalue weighted by Crippen LogP contribution is 2.27. The maximum Gasteiger partial charge on any atom is 0.124 e. The Morgan fingerprint density at radius 3 is 2.87 bits per heavy atom. The van der Waals surface area contributed by atoms with Crippen molar-refractivity contribution in [2.24, 2.45) is 5.73 Å². The molecule has 1 aromatic carbocycles. The molecule has 0 unspecified atom stereocenters. The van der Waals surface area contributed by atoms with Gasteiger partial charge in [0.1, 0.15) is 5.75 Å². The van der Waals surface area contributed by atoms with Gasteiger partial charge in [0, 0.05) is 29.1 Å². The predicted octanol–water partition coefficient (Wildman–Crippen LogP) is 2.23. The maximum atomic E-state index is 8.65. The molecule has 1 rings (SSSR count). The maximum absolute atomic E-state index is 8.65. The van der Waals surface area contributed by atoms with Crippen LogP contribution >= 0.6 is 15.9 Å². The first kappa shape index (κ1) is 12.5. The van der Waals surface area contributed by atoms with E-state index in [1.54, 1.807) is 0 Å². The van der Waals surface area contributed by atoms with Crippen molar-refractivity contribution in [3.05, 3.63) is 28.2 Å². The van der Waals surface area contributed by atoms with Gasteiger partial charge in [-0.1, -0.05) is 15.9 Å². The van der Waals surface area contributed by atoms with Crippen molar-refractivity contribution in [2.45, 2.75) is 19.4 Å². The highest BCUT2D eigenvalue weighted by molar-refractivity contribution is 9.10. The zero-order valence-corrected chi connectivity index (χ0v) is 10.3. The number of rotatable bonds is 5. The number of hydrogen-bond acceptors (Lipinski definition) is 3. The Hall–Kier alpha value is -0.580. The van der Waals surface area contributed by atoms with Gasteiger partial charge in [0.2, 0.25) is 0 Å². The molecule has 0 aromatic heterocycles. The molecule has 0 bridgehead atoms. The molecule has 0 aliphatic carbocycles. The summed E-state index contributed by atoms with van der Waals surface area (Å²) in [6, 6.07) is 5.70. The molecule has 84 valence electrons. The Labute approximate surface area is 98.4 Å². The number of aliphatic hydroxyl groups excluding tert-OH is 1.